The van der Waals surface area contributed by atoms with Crippen molar-refractivity contribution in [3.8, 4) is 0 Å². The van der Waals surface area contributed by atoms with Gasteiger partial charge in [0.25, 0.3) is 0 Å². The van der Waals surface area contributed by atoms with Crippen LogP contribution in [0.1, 0.15) is 59.8 Å². The maximum atomic E-state index is 12.2. The van der Waals surface area contributed by atoms with E-state index in [-0.39, 0.29) is 17.3 Å². The number of hydrogen-bond donors (Lipinski definition) is 0. The molecule has 2 heteroatoms. The van der Waals surface area contributed by atoms with Crippen molar-refractivity contribution in [3.05, 3.63) is 12.2 Å². The van der Waals surface area contributed by atoms with Crippen LogP contribution >= 0.6 is 0 Å². The predicted molar refractivity (Wildman–Crippen MR) is 75.3 cm³/mol. The van der Waals surface area contributed by atoms with E-state index in [1.165, 1.54) is 6.42 Å². The van der Waals surface area contributed by atoms with Gasteiger partial charge in [-0.15, -0.1) is 0 Å². The van der Waals surface area contributed by atoms with Crippen molar-refractivity contribution in [1.29, 1.82) is 0 Å². The first-order valence-corrected chi connectivity index (χ1v) is 7.30. The van der Waals surface area contributed by atoms with Gasteiger partial charge in [0.2, 0.25) is 0 Å². The molecule has 104 valence electrons. The van der Waals surface area contributed by atoms with Gasteiger partial charge in [0, 0.05) is 0 Å². The Morgan fingerprint density at radius 1 is 1.39 bits per heavy atom. The highest BCUT2D eigenvalue weighted by Gasteiger charge is 2.42. The molecule has 2 atom stereocenters. The Balaban J connectivity index is 2.46. The van der Waals surface area contributed by atoms with Gasteiger partial charge in [0.1, 0.15) is 0 Å². The molecule has 2 nitrogen and oxygen atoms in total. The minimum absolute atomic E-state index is 0.0112. The molecule has 1 fully saturated rings. The van der Waals surface area contributed by atoms with E-state index in [0.29, 0.717) is 12.5 Å². The highest BCUT2D eigenvalue weighted by Crippen LogP contribution is 2.44. The molecule has 0 heterocycles. The molecular weight excluding hydrogens is 224 g/mol. The van der Waals surface area contributed by atoms with E-state index < -0.39 is 0 Å². The van der Waals surface area contributed by atoms with Gasteiger partial charge < -0.3 is 4.74 Å². The molecule has 1 aliphatic rings. The van der Waals surface area contributed by atoms with Crippen LogP contribution in [-0.2, 0) is 9.53 Å². The van der Waals surface area contributed by atoms with Crippen molar-refractivity contribution < 1.29 is 9.53 Å². The molecule has 0 aromatic carbocycles. The number of rotatable bonds is 5. The summed E-state index contributed by atoms with van der Waals surface area (Å²) in [5.41, 5.74) is 0.0913. The smallest absolute Gasteiger partial charge is 0.309 e. The van der Waals surface area contributed by atoms with Crippen LogP contribution in [0.4, 0.5) is 0 Å². The maximum absolute atomic E-state index is 12.2. The Morgan fingerprint density at radius 2 is 2.11 bits per heavy atom. The highest BCUT2D eigenvalue weighted by molar-refractivity contribution is 5.73. The lowest BCUT2D eigenvalue weighted by Gasteiger charge is -2.41. The number of carbonyl (C=O) groups is 1. The summed E-state index contributed by atoms with van der Waals surface area (Å²) in [7, 11) is 0. The van der Waals surface area contributed by atoms with Crippen LogP contribution in [0.3, 0.4) is 0 Å². The lowest BCUT2D eigenvalue weighted by atomic mass is 9.64. The summed E-state index contributed by atoms with van der Waals surface area (Å²) in [6.45, 7) is 9.21. The molecule has 1 rings (SSSR count). The van der Waals surface area contributed by atoms with E-state index in [1.807, 2.05) is 0 Å². The molecule has 18 heavy (non-hydrogen) atoms. The van der Waals surface area contributed by atoms with Gasteiger partial charge in [0.15, 0.2) is 0 Å². The van der Waals surface area contributed by atoms with Gasteiger partial charge in [-0.3, -0.25) is 4.79 Å². The molecule has 0 aromatic rings. The molecule has 0 unspecified atom stereocenters. The van der Waals surface area contributed by atoms with Crippen molar-refractivity contribution in [2.45, 2.75) is 59.8 Å². The van der Waals surface area contributed by atoms with Crippen molar-refractivity contribution in [2.24, 2.45) is 17.3 Å². The second kappa shape index (κ2) is 6.96. The zero-order chi connectivity index (χ0) is 13.6. The minimum Gasteiger partial charge on any atom is -0.465 e. The minimum atomic E-state index is 0.0112. The SMILES string of the molecule is CC/C=C\CCOC(=O)[C@@H]1[C@@H](C)CCCC1(C)C. The van der Waals surface area contributed by atoms with Crippen LogP contribution in [0.25, 0.3) is 0 Å². The second-order valence-electron chi connectivity index (χ2n) is 6.17. The van der Waals surface area contributed by atoms with E-state index in [1.54, 1.807) is 0 Å². The quantitative estimate of drug-likeness (QED) is 0.413. The van der Waals surface area contributed by atoms with E-state index in [4.69, 9.17) is 4.74 Å². The van der Waals surface area contributed by atoms with Crippen LogP contribution in [0, 0.1) is 17.3 Å². The number of allylic oxidation sites excluding steroid dienone is 1. The molecule has 0 N–H and O–H groups in total. The van der Waals surface area contributed by atoms with E-state index >= 15 is 0 Å². The Labute approximate surface area is 112 Å². The number of carbonyl (C=O) groups excluding carboxylic acids is 1. The third-order valence-electron chi connectivity index (χ3n) is 4.08. The fourth-order valence-electron chi connectivity index (χ4n) is 3.13. The van der Waals surface area contributed by atoms with E-state index in [0.717, 1.165) is 25.7 Å². The molecule has 0 saturated heterocycles. The third kappa shape index (κ3) is 4.15. The van der Waals surface area contributed by atoms with E-state index in [2.05, 4.69) is 39.8 Å². The first-order chi connectivity index (χ1) is 8.49. The molecule has 0 amide bonds. The first-order valence-electron chi connectivity index (χ1n) is 7.30. The maximum Gasteiger partial charge on any atom is 0.309 e. The summed E-state index contributed by atoms with van der Waals surface area (Å²) in [6, 6.07) is 0. The van der Waals surface area contributed by atoms with Crippen molar-refractivity contribution in [1.82, 2.24) is 0 Å². The van der Waals surface area contributed by atoms with Crippen LogP contribution in [0.2, 0.25) is 0 Å². The molecule has 1 aliphatic carbocycles. The fourth-order valence-corrected chi connectivity index (χ4v) is 3.13. The van der Waals surface area contributed by atoms with Gasteiger partial charge in [-0.1, -0.05) is 46.3 Å². The zero-order valence-corrected chi connectivity index (χ0v) is 12.4. The van der Waals surface area contributed by atoms with Gasteiger partial charge in [-0.25, -0.2) is 0 Å². The molecule has 0 spiro atoms. The van der Waals surface area contributed by atoms with Gasteiger partial charge in [-0.2, -0.15) is 0 Å². The normalized spacial score (nSPS) is 27.3. The van der Waals surface area contributed by atoms with Crippen molar-refractivity contribution in [2.75, 3.05) is 6.61 Å². The lowest BCUT2D eigenvalue weighted by Crippen LogP contribution is -2.40. The Morgan fingerprint density at radius 3 is 2.72 bits per heavy atom. The standard InChI is InChI=1S/C16H28O2/c1-5-6-7-8-12-18-15(17)14-13(2)10-9-11-16(14,3)4/h6-7,13-14H,5,8-12H2,1-4H3/b7-6-/t13-,14-/m0/s1. The summed E-state index contributed by atoms with van der Waals surface area (Å²) >= 11 is 0. The lowest BCUT2D eigenvalue weighted by molar-refractivity contribution is -0.157. The summed E-state index contributed by atoms with van der Waals surface area (Å²) in [5.74, 6) is 0.533. The third-order valence-corrected chi connectivity index (χ3v) is 4.08. The topological polar surface area (TPSA) is 26.3 Å². The highest BCUT2D eigenvalue weighted by atomic mass is 16.5. The second-order valence-corrected chi connectivity index (χ2v) is 6.17. The Hall–Kier alpha value is -0.790. The van der Waals surface area contributed by atoms with Crippen LogP contribution in [0.15, 0.2) is 12.2 Å². The molecule has 0 radical (unpaired) electrons. The zero-order valence-electron chi connectivity index (χ0n) is 12.4. The molecule has 1 saturated carbocycles. The predicted octanol–water partition coefficient (Wildman–Crippen LogP) is 4.35. The van der Waals surface area contributed by atoms with E-state index in [9.17, 15) is 4.79 Å². The number of esters is 1. The monoisotopic (exact) mass is 252 g/mol. The molecule has 0 bridgehead atoms. The van der Waals surface area contributed by atoms with Crippen molar-refractivity contribution >= 4 is 5.97 Å². The molecular formula is C16H28O2. The molecule has 0 aromatic heterocycles. The Kier molecular flexibility index (Phi) is 5.90. The number of ether oxygens (including phenoxy) is 1. The summed E-state index contributed by atoms with van der Waals surface area (Å²) in [6.07, 6.45) is 9.59. The van der Waals surface area contributed by atoms with Crippen LogP contribution in [-0.4, -0.2) is 12.6 Å². The largest absolute Gasteiger partial charge is 0.465 e. The fraction of sp³-hybridized carbons (Fsp3) is 0.812. The van der Waals surface area contributed by atoms with Gasteiger partial charge in [-0.05, 0) is 37.0 Å². The average Bonchev–Trinajstić information content (AvgIpc) is 2.27. The van der Waals surface area contributed by atoms with Crippen LogP contribution < -0.4 is 0 Å². The number of hydrogen-bond acceptors (Lipinski definition) is 2. The molecule has 0 aliphatic heterocycles. The first kappa shape index (κ1) is 15.3. The summed E-state index contributed by atoms with van der Waals surface area (Å²) < 4.78 is 5.44. The summed E-state index contributed by atoms with van der Waals surface area (Å²) in [4.78, 5) is 12.2. The summed E-state index contributed by atoms with van der Waals surface area (Å²) in [5, 5.41) is 0. The van der Waals surface area contributed by atoms with Crippen LogP contribution in [0.5, 0.6) is 0 Å². The van der Waals surface area contributed by atoms with Gasteiger partial charge >= 0.3 is 5.97 Å². The Bertz CT molecular complexity index is 291. The van der Waals surface area contributed by atoms with Gasteiger partial charge in [0.05, 0.1) is 12.5 Å². The van der Waals surface area contributed by atoms with Crippen molar-refractivity contribution in [3.63, 3.8) is 0 Å². The average molecular weight is 252 g/mol.